The number of hydrogen-bond donors (Lipinski definition) is 2. The lowest BCUT2D eigenvalue weighted by molar-refractivity contribution is 0.0933. The SMILES string of the molecule is COCc1nnc(-c2cccc(C(=O)NC3CCc4[nH]ncc4C3)c2)o1. The van der Waals surface area contributed by atoms with Crippen molar-refractivity contribution in [1.29, 1.82) is 0 Å². The number of carbonyl (C=O) groups excluding carboxylic acids is 1. The van der Waals surface area contributed by atoms with E-state index in [0.717, 1.165) is 19.3 Å². The molecule has 1 aliphatic carbocycles. The molecule has 8 heteroatoms. The maximum atomic E-state index is 12.6. The molecule has 4 rings (SSSR count). The Kier molecular flexibility index (Phi) is 4.49. The van der Waals surface area contributed by atoms with Crippen molar-refractivity contribution in [2.75, 3.05) is 7.11 Å². The van der Waals surface area contributed by atoms with Crippen LogP contribution in [0.25, 0.3) is 11.5 Å². The number of rotatable bonds is 5. The zero-order valence-electron chi connectivity index (χ0n) is 14.4. The van der Waals surface area contributed by atoms with Crippen LogP contribution in [0.1, 0.15) is 33.9 Å². The first-order valence-electron chi connectivity index (χ1n) is 8.46. The number of amides is 1. The Labute approximate surface area is 150 Å². The van der Waals surface area contributed by atoms with Crippen LogP contribution in [0.2, 0.25) is 0 Å². The minimum Gasteiger partial charge on any atom is -0.418 e. The fourth-order valence-electron chi connectivity index (χ4n) is 3.15. The molecule has 0 aliphatic heterocycles. The molecular weight excluding hydrogens is 334 g/mol. The third-order valence-corrected chi connectivity index (χ3v) is 4.46. The van der Waals surface area contributed by atoms with Crippen LogP contribution in [-0.4, -0.2) is 39.5 Å². The largest absolute Gasteiger partial charge is 0.418 e. The van der Waals surface area contributed by atoms with Crippen LogP contribution < -0.4 is 5.32 Å². The number of hydrogen-bond acceptors (Lipinski definition) is 6. The summed E-state index contributed by atoms with van der Waals surface area (Å²) in [6.07, 6.45) is 4.41. The number of aromatic amines is 1. The molecule has 0 saturated carbocycles. The van der Waals surface area contributed by atoms with E-state index < -0.39 is 0 Å². The number of ether oxygens (including phenoxy) is 1. The fourth-order valence-corrected chi connectivity index (χ4v) is 3.15. The van der Waals surface area contributed by atoms with Crippen LogP contribution in [-0.2, 0) is 24.2 Å². The molecule has 26 heavy (non-hydrogen) atoms. The van der Waals surface area contributed by atoms with E-state index >= 15 is 0 Å². The average Bonchev–Trinajstić information content (AvgIpc) is 3.31. The van der Waals surface area contributed by atoms with Crippen molar-refractivity contribution in [3.05, 3.63) is 53.2 Å². The Balaban J connectivity index is 1.46. The summed E-state index contributed by atoms with van der Waals surface area (Å²) in [5, 5.41) is 18.1. The summed E-state index contributed by atoms with van der Waals surface area (Å²) in [5.41, 5.74) is 3.60. The van der Waals surface area contributed by atoms with Gasteiger partial charge in [0, 0.05) is 30.0 Å². The van der Waals surface area contributed by atoms with E-state index in [1.807, 2.05) is 12.3 Å². The molecule has 2 N–H and O–H groups in total. The number of aryl methyl sites for hydroxylation is 1. The first kappa shape index (κ1) is 16.5. The number of methoxy groups -OCH3 is 1. The molecule has 1 amide bonds. The molecule has 3 aromatic rings. The van der Waals surface area contributed by atoms with Crippen LogP contribution in [0.3, 0.4) is 0 Å². The minimum atomic E-state index is -0.111. The lowest BCUT2D eigenvalue weighted by atomic mass is 9.93. The van der Waals surface area contributed by atoms with Crippen LogP contribution in [0.4, 0.5) is 0 Å². The topological polar surface area (TPSA) is 106 Å². The lowest BCUT2D eigenvalue weighted by Gasteiger charge is -2.22. The Morgan fingerprint density at radius 3 is 3.23 bits per heavy atom. The van der Waals surface area contributed by atoms with Gasteiger partial charge in [0.1, 0.15) is 6.61 Å². The van der Waals surface area contributed by atoms with E-state index in [4.69, 9.17) is 9.15 Å². The molecule has 2 aromatic heterocycles. The van der Waals surface area contributed by atoms with Gasteiger partial charge < -0.3 is 14.5 Å². The van der Waals surface area contributed by atoms with Gasteiger partial charge in [0.15, 0.2) is 0 Å². The molecule has 0 saturated heterocycles. The summed E-state index contributed by atoms with van der Waals surface area (Å²) < 4.78 is 10.5. The highest BCUT2D eigenvalue weighted by Crippen LogP contribution is 2.21. The Morgan fingerprint density at radius 1 is 1.42 bits per heavy atom. The van der Waals surface area contributed by atoms with Gasteiger partial charge in [0.25, 0.3) is 5.91 Å². The summed E-state index contributed by atoms with van der Waals surface area (Å²) in [7, 11) is 1.56. The van der Waals surface area contributed by atoms with Crippen LogP contribution >= 0.6 is 0 Å². The summed E-state index contributed by atoms with van der Waals surface area (Å²) in [5.74, 6) is 0.656. The van der Waals surface area contributed by atoms with Gasteiger partial charge in [-0.3, -0.25) is 9.89 Å². The summed E-state index contributed by atoms with van der Waals surface area (Å²) >= 11 is 0. The van der Waals surface area contributed by atoms with E-state index in [9.17, 15) is 4.79 Å². The number of carbonyl (C=O) groups is 1. The van der Waals surface area contributed by atoms with Crippen LogP contribution in [0.5, 0.6) is 0 Å². The zero-order valence-corrected chi connectivity index (χ0v) is 14.4. The molecule has 0 bridgehead atoms. The lowest BCUT2D eigenvalue weighted by Crippen LogP contribution is -2.38. The van der Waals surface area contributed by atoms with Crippen LogP contribution in [0, 0.1) is 0 Å². The van der Waals surface area contributed by atoms with Gasteiger partial charge in [0.05, 0.1) is 6.20 Å². The second-order valence-corrected chi connectivity index (χ2v) is 6.30. The highest BCUT2D eigenvalue weighted by atomic mass is 16.5. The van der Waals surface area contributed by atoms with Gasteiger partial charge in [-0.25, -0.2) is 0 Å². The maximum Gasteiger partial charge on any atom is 0.251 e. The first-order valence-corrected chi connectivity index (χ1v) is 8.46. The number of nitrogens with zero attached hydrogens (tertiary/aromatic N) is 3. The molecule has 1 aromatic carbocycles. The number of nitrogens with one attached hydrogen (secondary N) is 2. The minimum absolute atomic E-state index is 0.105. The van der Waals surface area contributed by atoms with Crippen LogP contribution in [0.15, 0.2) is 34.9 Å². The van der Waals surface area contributed by atoms with Gasteiger partial charge in [-0.15, -0.1) is 10.2 Å². The number of benzene rings is 1. The molecule has 1 aliphatic rings. The number of fused-ring (bicyclic) bond motifs is 1. The van der Waals surface area contributed by atoms with Crippen molar-refractivity contribution in [3.8, 4) is 11.5 Å². The monoisotopic (exact) mass is 353 g/mol. The van der Waals surface area contributed by atoms with Crippen molar-refractivity contribution in [2.45, 2.75) is 31.9 Å². The molecule has 134 valence electrons. The predicted octanol–water partition coefficient (Wildman–Crippen LogP) is 1.89. The standard InChI is InChI=1S/C18H19N5O3/c1-25-10-16-22-23-18(26-16)12-4-2-3-11(7-12)17(24)20-14-5-6-15-13(8-14)9-19-21-15/h2-4,7,9,14H,5-6,8,10H2,1H3,(H,19,21)(H,20,24). The van der Waals surface area contributed by atoms with E-state index in [1.165, 1.54) is 11.3 Å². The molecule has 2 heterocycles. The quantitative estimate of drug-likeness (QED) is 0.726. The summed E-state index contributed by atoms with van der Waals surface area (Å²) in [6.45, 7) is 0.255. The highest BCUT2D eigenvalue weighted by molar-refractivity contribution is 5.95. The first-order chi connectivity index (χ1) is 12.7. The average molecular weight is 353 g/mol. The Bertz CT molecular complexity index is 917. The third kappa shape index (κ3) is 3.36. The molecule has 8 nitrogen and oxygen atoms in total. The maximum absolute atomic E-state index is 12.6. The zero-order chi connectivity index (χ0) is 17.9. The molecule has 0 fully saturated rings. The smallest absolute Gasteiger partial charge is 0.251 e. The van der Waals surface area contributed by atoms with Gasteiger partial charge in [-0.05, 0) is 43.0 Å². The normalized spacial score (nSPS) is 16.3. The van der Waals surface area contributed by atoms with E-state index in [-0.39, 0.29) is 18.6 Å². The molecule has 1 atom stereocenters. The molecule has 0 spiro atoms. The fraction of sp³-hybridized carbons (Fsp3) is 0.333. The third-order valence-electron chi connectivity index (χ3n) is 4.46. The van der Waals surface area contributed by atoms with E-state index in [1.54, 1.807) is 25.3 Å². The second kappa shape index (κ2) is 7.09. The number of aromatic nitrogens is 4. The summed E-state index contributed by atoms with van der Waals surface area (Å²) in [4.78, 5) is 12.6. The van der Waals surface area contributed by atoms with E-state index in [0.29, 0.717) is 22.9 Å². The van der Waals surface area contributed by atoms with Gasteiger partial charge in [0.2, 0.25) is 11.8 Å². The van der Waals surface area contributed by atoms with Crippen molar-refractivity contribution < 1.29 is 13.9 Å². The Morgan fingerprint density at radius 2 is 2.35 bits per heavy atom. The second-order valence-electron chi connectivity index (χ2n) is 6.30. The molecule has 0 radical (unpaired) electrons. The van der Waals surface area contributed by atoms with Crippen molar-refractivity contribution in [2.24, 2.45) is 0 Å². The summed E-state index contributed by atoms with van der Waals surface area (Å²) in [6, 6.07) is 7.27. The van der Waals surface area contributed by atoms with Crippen molar-refractivity contribution >= 4 is 5.91 Å². The highest BCUT2D eigenvalue weighted by Gasteiger charge is 2.22. The van der Waals surface area contributed by atoms with Gasteiger partial charge >= 0.3 is 0 Å². The van der Waals surface area contributed by atoms with Crippen molar-refractivity contribution in [1.82, 2.24) is 25.7 Å². The number of H-pyrrole nitrogens is 1. The Hall–Kier alpha value is -3.00. The molecular formula is C18H19N5O3. The van der Waals surface area contributed by atoms with Gasteiger partial charge in [-0.1, -0.05) is 6.07 Å². The van der Waals surface area contributed by atoms with Gasteiger partial charge in [-0.2, -0.15) is 5.10 Å². The van der Waals surface area contributed by atoms with E-state index in [2.05, 4.69) is 25.7 Å². The molecule has 1 unspecified atom stereocenters. The van der Waals surface area contributed by atoms with Crippen molar-refractivity contribution in [3.63, 3.8) is 0 Å². The predicted molar refractivity (Wildman–Crippen MR) is 92.3 cm³/mol.